The third-order valence-electron chi connectivity index (χ3n) is 5.46. The number of thiazole rings is 1. The molecule has 1 N–H and O–H groups in total. The number of amides is 2. The van der Waals surface area contributed by atoms with Crippen molar-refractivity contribution in [3.63, 3.8) is 0 Å². The lowest BCUT2D eigenvalue weighted by Gasteiger charge is -2.31. The van der Waals surface area contributed by atoms with Gasteiger partial charge in [0, 0.05) is 24.4 Å². The molecule has 0 aliphatic carbocycles. The van der Waals surface area contributed by atoms with Crippen molar-refractivity contribution in [2.45, 2.75) is 33.2 Å². The average molecular weight is 458 g/mol. The van der Waals surface area contributed by atoms with Gasteiger partial charge in [-0.25, -0.2) is 9.67 Å². The number of aryl methyl sites for hydroxylation is 2. The fourth-order valence-electron chi connectivity index (χ4n) is 3.78. The molecule has 31 heavy (non-hydrogen) atoms. The van der Waals surface area contributed by atoms with E-state index in [0.29, 0.717) is 54.0 Å². The second-order valence-corrected chi connectivity index (χ2v) is 8.96. The molecular formula is C22H24ClN5O2S. The summed E-state index contributed by atoms with van der Waals surface area (Å²) < 4.78 is 1.66. The summed E-state index contributed by atoms with van der Waals surface area (Å²) in [6, 6.07) is 9.87. The number of likely N-dealkylation sites (tertiary alicyclic amines) is 1. The molecule has 9 heteroatoms. The maximum atomic E-state index is 13.2. The van der Waals surface area contributed by atoms with E-state index in [9.17, 15) is 9.59 Å². The van der Waals surface area contributed by atoms with Crippen LogP contribution < -0.4 is 5.32 Å². The molecule has 0 unspecified atom stereocenters. The van der Waals surface area contributed by atoms with Crippen LogP contribution in [0.5, 0.6) is 0 Å². The molecule has 0 spiro atoms. The van der Waals surface area contributed by atoms with Crippen molar-refractivity contribution in [2.75, 3.05) is 18.4 Å². The molecule has 1 aromatic carbocycles. The van der Waals surface area contributed by atoms with Crippen LogP contribution in [0.25, 0.3) is 0 Å². The SMILES string of the molecule is Cc1csc(NC(=O)C2CCN(C(=O)c3c(C)nn(Cc4ccccc4)c3Cl)CC2)n1. The van der Waals surface area contributed by atoms with E-state index in [2.05, 4.69) is 15.4 Å². The molecule has 7 nitrogen and oxygen atoms in total. The lowest BCUT2D eigenvalue weighted by Crippen LogP contribution is -2.41. The van der Waals surface area contributed by atoms with Crippen LogP contribution in [-0.4, -0.2) is 44.6 Å². The quantitative estimate of drug-likeness (QED) is 0.624. The predicted molar refractivity (Wildman–Crippen MR) is 122 cm³/mol. The maximum Gasteiger partial charge on any atom is 0.258 e. The minimum absolute atomic E-state index is 0.0358. The Kier molecular flexibility index (Phi) is 6.38. The molecule has 162 valence electrons. The number of piperidine rings is 1. The van der Waals surface area contributed by atoms with Crippen LogP contribution in [0, 0.1) is 19.8 Å². The third kappa shape index (κ3) is 4.80. The molecular weight excluding hydrogens is 434 g/mol. The van der Waals surface area contributed by atoms with E-state index in [1.54, 1.807) is 16.5 Å². The number of anilines is 1. The van der Waals surface area contributed by atoms with Crippen LogP contribution in [0.4, 0.5) is 5.13 Å². The predicted octanol–water partition coefficient (Wildman–Crippen LogP) is 4.15. The largest absolute Gasteiger partial charge is 0.338 e. The van der Waals surface area contributed by atoms with Crippen LogP contribution in [0.1, 0.15) is 40.2 Å². The summed E-state index contributed by atoms with van der Waals surface area (Å²) in [5, 5.41) is 10.2. The van der Waals surface area contributed by atoms with Crippen molar-refractivity contribution in [2.24, 2.45) is 5.92 Å². The first-order valence-electron chi connectivity index (χ1n) is 10.2. The minimum atomic E-state index is -0.134. The summed E-state index contributed by atoms with van der Waals surface area (Å²) in [7, 11) is 0. The van der Waals surface area contributed by atoms with Gasteiger partial charge in [-0.1, -0.05) is 41.9 Å². The molecule has 3 heterocycles. The van der Waals surface area contributed by atoms with E-state index in [1.807, 2.05) is 42.6 Å². The lowest BCUT2D eigenvalue weighted by molar-refractivity contribution is -0.121. The molecule has 3 aromatic rings. The van der Waals surface area contributed by atoms with Gasteiger partial charge in [0.15, 0.2) is 5.13 Å². The Labute approximate surface area is 190 Å². The standard InChI is InChI=1S/C22H24ClN5O2S/c1-14-13-31-22(24-14)25-20(29)17-8-10-27(11-9-17)21(30)18-15(2)26-28(19(18)23)12-16-6-4-3-5-7-16/h3-7,13,17H,8-12H2,1-2H3,(H,24,25,29). The van der Waals surface area contributed by atoms with Crippen molar-refractivity contribution >= 4 is 39.9 Å². The number of carbonyl (C=O) groups excluding carboxylic acids is 2. The molecule has 0 radical (unpaired) electrons. The summed E-state index contributed by atoms with van der Waals surface area (Å²) in [6.07, 6.45) is 1.22. The Balaban J connectivity index is 1.39. The number of rotatable bonds is 5. The van der Waals surface area contributed by atoms with Crippen LogP contribution >= 0.6 is 22.9 Å². The zero-order valence-corrected chi connectivity index (χ0v) is 19.0. The lowest BCUT2D eigenvalue weighted by atomic mass is 9.95. The number of carbonyl (C=O) groups is 2. The first-order chi connectivity index (χ1) is 14.9. The summed E-state index contributed by atoms with van der Waals surface area (Å²) >= 11 is 7.97. The van der Waals surface area contributed by atoms with Crippen LogP contribution in [0.3, 0.4) is 0 Å². The van der Waals surface area contributed by atoms with Gasteiger partial charge >= 0.3 is 0 Å². The highest BCUT2D eigenvalue weighted by Crippen LogP contribution is 2.26. The van der Waals surface area contributed by atoms with E-state index in [0.717, 1.165) is 11.3 Å². The molecule has 0 bridgehead atoms. The van der Waals surface area contributed by atoms with Gasteiger partial charge in [-0.3, -0.25) is 9.59 Å². The summed E-state index contributed by atoms with van der Waals surface area (Å²) in [5.74, 6) is -0.298. The summed E-state index contributed by atoms with van der Waals surface area (Å²) in [4.78, 5) is 31.7. The van der Waals surface area contributed by atoms with Gasteiger partial charge in [0.2, 0.25) is 5.91 Å². The highest BCUT2D eigenvalue weighted by Gasteiger charge is 2.31. The minimum Gasteiger partial charge on any atom is -0.338 e. The van der Waals surface area contributed by atoms with Gasteiger partial charge in [-0.05, 0) is 32.3 Å². The number of aromatic nitrogens is 3. The Bertz CT molecular complexity index is 1090. The molecule has 4 rings (SSSR count). The van der Waals surface area contributed by atoms with E-state index in [4.69, 9.17) is 11.6 Å². The van der Waals surface area contributed by atoms with Gasteiger partial charge in [0.05, 0.1) is 23.5 Å². The van der Waals surface area contributed by atoms with Gasteiger partial charge in [-0.2, -0.15) is 5.10 Å². The van der Waals surface area contributed by atoms with E-state index in [1.165, 1.54) is 11.3 Å². The molecule has 0 saturated carbocycles. The molecule has 1 aliphatic rings. The average Bonchev–Trinajstić information content (AvgIpc) is 3.30. The molecule has 0 atom stereocenters. The Morgan fingerprint density at radius 3 is 2.55 bits per heavy atom. The number of hydrogen-bond acceptors (Lipinski definition) is 5. The van der Waals surface area contributed by atoms with Crippen LogP contribution in [-0.2, 0) is 11.3 Å². The molecule has 2 aromatic heterocycles. The first-order valence-corrected chi connectivity index (χ1v) is 11.5. The summed E-state index contributed by atoms with van der Waals surface area (Å²) in [6.45, 7) is 5.22. The van der Waals surface area contributed by atoms with E-state index < -0.39 is 0 Å². The maximum absolute atomic E-state index is 13.2. The van der Waals surface area contributed by atoms with Crippen molar-refractivity contribution in [3.8, 4) is 0 Å². The smallest absolute Gasteiger partial charge is 0.258 e. The highest BCUT2D eigenvalue weighted by atomic mass is 35.5. The fraction of sp³-hybridized carbons (Fsp3) is 0.364. The number of nitrogens with one attached hydrogen (secondary N) is 1. The molecule has 1 saturated heterocycles. The van der Waals surface area contributed by atoms with Gasteiger partial charge in [-0.15, -0.1) is 11.3 Å². The molecule has 1 aliphatic heterocycles. The van der Waals surface area contributed by atoms with Crippen molar-refractivity contribution < 1.29 is 9.59 Å². The van der Waals surface area contributed by atoms with Crippen LogP contribution in [0.2, 0.25) is 5.15 Å². The van der Waals surface area contributed by atoms with E-state index in [-0.39, 0.29) is 17.7 Å². The second kappa shape index (κ2) is 9.20. The second-order valence-electron chi connectivity index (χ2n) is 7.74. The Morgan fingerprint density at radius 2 is 1.90 bits per heavy atom. The monoisotopic (exact) mass is 457 g/mol. The molecule has 2 amide bonds. The topological polar surface area (TPSA) is 80.1 Å². The highest BCUT2D eigenvalue weighted by molar-refractivity contribution is 7.13. The number of nitrogens with zero attached hydrogens (tertiary/aromatic N) is 4. The molecule has 1 fully saturated rings. The Morgan fingerprint density at radius 1 is 1.19 bits per heavy atom. The number of halogens is 1. The van der Waals surface area contributed by atoms with Gasteiger partial charge in [0.25, 0.3) is 5.91 Å². The first kappa shape index (κ1) is 21.5. The van der Waals surface area contributed by atoms with E-state index >= 15 is 0 Å². The van der Waals surface area contributed by atoms with Crippen LogP contribution in [0.15, 0.2) is 35.7 Å². The summed E-state index contributed by atoms with van der Waals surface area (Å²) in [5.41, 5.74) is 3.01. The fourth-order valence-corrected chi connectivity index (χ4v) is 4.79. The van der Waals surface area contributed by atoms with Crippen molar-refractivity contribution in [1.29, 1.82) is 0 Å². The zero-order chi connectivity index (χ0) is 22.0. The Hall–Kier alpha value is -2.71. The van der Waals surface area contributed by atoms with Crippen molar-refractivity contribution in [3.05, 3.63) is 63.4 Å². The van der Waals surface area contributed by atoms with Gasteiger partial charge in [0.1, 0.15) is 5.15 Å². The van der Waals surface area contributed by atoms with Crippen molar-refractivity contribution in [1.82, 2.24) is 19.7 Å². The number of hydrogen-bond donors (Lipinski definition) is 1. The zero-order valence-electron chi connectivity index (χ0n) is 17.5. The third-order valence-corrected chi connectivity index (χ3v) is 6.72. The van der Waals surface area contributed by atoms with Gasteiger partial charge < -0.3 is 10.2 Å². The normalized spacial score (nSPS) is 14.6. The number of benzene rings is 1.